The second kappa shape index (κ2) is 7.62. The fourth-order valence-electron chi connectivity index (χ4n) is 3.61. The molecule has 1 aliphatic rings. The Morgan fingerprint density at radius 3 is 2.57 bits per heavy atom. The Kier molecular flexibility index (Phi) is 5.80. The number of ether oxygens (including phenoxy) is 1. The molecule has 0 bridgehead atoms. The van der Waals surface area contributed by atoms with E-state index in [4.69, 9.17) is 4.74 Å². The maximum Gasteiger partial charge on any atom is 0.339 e. The summed E-state index contributed by atoms with van der Waals surface area (Å²) < 4.78 is 4.79. The normalized spacial score (nSPS) is 24.3. The Hall–Kier alpha value is -1.84. The third kappa shape index (κ3) is 4.12. The van der Waals surface area contributed by atoms with Crippen LogP contribution in [0.5, 0.6) is 0 Å². The molecule has 4 heteroatoms. The zero-order valence-electron chi connectivity index (χ0n) is 14.5. The number of carbonyl (C=O) groups is 2. The highest BCUT2D eigenvalue weighted by molar-refractivity contribution is 6.01. The molecule has 1 amide bonds. The van der Waals surface area contributed by atoms with Gasteiger partial charge in [-0.25, -0.2) is 4.79 Å². The molecule has 1 aliphatic carbocycles. The van der Waals surface area contributed by atoms with Gasteiger partial charge < -0.3 is 10.1 Å². The van der Waals surface area contributed by atoms with Gasteiger partial charge in [-0.3, -0.25) is 4.79 Å². The highest BCUT2D eigenvalue weighted by Gasteiger charge is 2.35. The Bertz CT molecular complexity index is 567. The van der Waals surface area contributed by atoms with Gasteiger partial charge in [0.05, 0.1) is 18.4 Å². The minimum atomic E-state index is -0.432. The lowest BCUT2D eigenvalue weighted by molar-refractivity contribution is -0.123. The first kappa shape index (κ1) is 17.5. The van der Waals surface area contributed by atoms with Crippen LogP contribution in [0.2, 0.25) is 0 Å². The van der Waals surface area contributed by atoms with E-state index in [0.29, 0.717) is 29.0 Å². The number of benzene rings is 1. The van der Waals surface area contributed by atoms with E-state index in [0.717, 1.165) is 12.8 Å². The first-order chi connectivity index (χ1) is 10.9. The van der Waals surface area contributed by atoms with Crippen LogP contribution >= 0.6 is 0 Å². The van der Waals surface area contributed by atoms with Crippen molar-refractivity contribution in [3.05, 3.63) is 29.8 Å². The zero-order chi connectivity index (χ0) is 17.0. The average molecular weight is 317 g/mol. The smallest absolute Gasteiger partial charge is 0.339 e. The fraction of sp³-hybridized carbons (Fsp3) is 0.579. The van der Waals surface area contributed by atoms with Crippen LogP contribution in [0.1, 0.15) is 50.4 Å². The second-order valence-corrected chi connectivity index (χ2v) is 6.96. The first-order valence-electron chi connectivity index (χ1n) is 8.42. The number of hydrogen-bond acceptors (Lipinski definition) is 3. The molecule has 3 unspecified atom stereocenters. The third-order valence-corrected chi connectivity index (χ3v) is 4.95. The van der Waals surface area contributed by atoms with Gasteiger partial charge in [0, 0.05) is 5.92 Å². The molecule has 0 saturated heterocycles. The molecule has 0 aromatic heterocycles. The summed E-state index contributed by atoms with van der Waals surface area (Å²) in [6.45, 7) is 6.58. The molecule has 1 saturated carbocycles. The lowest BCUT2D eigenvalue weighted by Gasteiger charge is -2.36. The van der Waals surface area contributed by atoms with Crippen molar-refractivity contribution in [2.45, 2.75) is 40.0 Å². The molecule has 0 radical (unpaired) electrons. The van der Waals surface area contributed by atoms with E-state index in [1.807, 2.05) is 6.07 Å². The number of carbonyl (C=O) groups excluding carboxylic acids is 2. The lowest BCUT2D eigenvalue weighted by Crippen LogP contribution is -2.36. The molecule has 23 heavy (non-hydrogen) atoms. The van der Waals surface area contributed by atoms with Crippen molar-refractivity contribution in [2.75, 3.05) is 12.4 Å². The first-order valence-corrected chi connectivity index (χ1v) is 8.42. The van der Waals surface area contributed by atoms with Gasteiger partial charge in [-0.2, -0.15) is 0 Å². The molecule has 1 aromatic carbocycles. The quantitative estimate of drug-likeness (QED) is 0.850. The summed E-state index contributed by atoms with van der Waals surface area (Å²) in [4.78, 5) is 24.7. The highest BCUT2D eigenvalue weighted by atomic mass is 16.5. The molecule has 1 fully saturated rings. The van der Waals surface area contributed by atoms with Gasteiger partial charge in [-0.05, 0) is 42.7 Å². The van der Waals surface area contributed by atoms with Crippen molar-refractivity contribution in [3.63, 3.8) is 0 Å². The van der Waals surface area contributed by atoms with E-state index in [9.17, 15) is 9.59 Å². The number of esters is 1. The molecule has 3 atom stereocenters. The van der Waals surface area contributed by atoms with Crippen LogP contribution in [0, 0.1) is 23.7 Å². The van der Waals surface area contributed by atoms with E-state index >= 15 is 0 Å². The fourth-order valence-corrected chi connectivity index (χ4v) is 3.61. The summed E-state index contributed by atoms with van der Waals surface area (Å²) >= 11 is 0. The van der Waals surface area contributed by atoms with Gasteiger partial charge in [-0.1, -0.05) is 39.3 Å². The minimum absolute atomic E-state index is 0.00412. The lowest BCUT2D eigenvalue weighted by atomic mass is 9.70. The molecule has 1 N–H and O–H groups in total. The Morgan fingerprint density at radius 1 is 1.22 bits per heavy atom. The molecule has 1 aromatic rings. The minimum Gasteiger partial charge on any atom is -0.465 e. The van der Waals surface area contributed by atoms with Crippen LogP contribution < -0.4 is 5.32 Å². The summed E-state index contributed by atoms with van der Waals surface area (Å²) in [5.74, 6) is 1.04. The van der Waals surface area contributed by atoms with Crippen LogP contribution in [0.4, 0.5) is 5.69 Å². The molecule has 4 nitrogen and oxygen atoms in total. The van der Waals surface area contributed by atoms with Crippen LogP contribution in [-0.4, -0.2) is 19.0 Å². The summed E-state index contributed by atoms with van der Waals surface area (Å²) in [5.41, 5.74) is 0.929. The van der Waals surface area contributed by atoms with Gasteiger partial charge in [0.1, 0.15) is 0 Å². The number of amides is 1. The molecule has 0 spiro atoms. The van der Waals surface area contributed by atoms with Gasteiger partial charge in [0.2, 0.25) is 5.91 Å². The Balaban J connectivity index is 2.19. The van der Waals surface area contributed by atoms with Gasteiger partial charge in [0.15, 0.2) is 0 Å². The largest absolute Gasteiger partial charge is 0.465 e. The Labute approximate surface area is 138 Å². The van der Waals surface area contributed by atoms with Crippen LogP contribution in [-0.2, 0) is 9.53 Å². The molecule has 0 heterocycles. The van der Waals surface area contributed by atoms with E-state index < -0.39 is 5.97 Å². The van der Waals surface area contributed by atoms with Crippen LogP contribution in [0.25, 0.3) is 0 Å². The number of nitrogens with one attached hydrogen (secondary N) is 1. The van der Waals surface area contributed by atoms with Crippen molar-refractivity contribution in [3.8, 4) is 0 Å². The standard InChI is InChI=1S/C19H27NO3/c1-12(2)14-10-9-13(3)11-16(14)18(21)20-17-8-6-5-7-15(17)19(22)23-4/h5-8,12-14,16H,9-11H2,1-4H3,(H,20,21). The Morgan fingerprint density at radius 2 is 1.91 bits per heavy atom. The van der Waals surface area contributed by atoms with Crippen LogP contribution in [0.3, 0.4) is 0 Å². The maximum absolute atomic E-state index is 12.8. The molecule has 0 aliphatic heterocycles. The molecule has 126 valence electrons. The van der Waals surface area contributed by atoms with Crippen LogP contribution in [0.15, 0.2) is 24.3 Å². The van der Waals surface area contributed by atoms with E-state index in [1.54, 1.807) is 18.2 Å². The summed E-state index contributed by atoms with van der Waals surface area (Å²) in [6, 6.07) is 7.00. The average Bonchev–Trinajstić information content (AvgIpc) is 2.54. The topological polar surface area (TPSA) is 55.4 Å². The number of para-hydroxylation sites is 1. The number of methoxy groups -OCH3 is 1. The van der Waals surface area contributed by atoms with E-state index in [2.05, 4.69) is 26.1 Å². The second-order valence-electron chi connectivity index (χ2n) is 6.96. The zero-order valence-corrected chi connectivity index (χ0v) is 14.5. The van der Waals surface area contributed by atoms with E-state index in [1.165, 1.54) is 13.5 Å². The summed E-state index contributed by atoms with van der Waals surface area (Å²) in [6.07, 6.45) is 3.19. The molecular formula is C19H27NO3. The van der Waals surface area contributed by atoms with Crippen molar-refractivity contribution < 1.29 is 14.3 Å². The van der Waals surface area contributed by atoms with Gasteiger partial charge in [0.25, 0.3) is 0 Å². The highest BCUT2D eigenvalue weighted by Crippen LogP contribution is 2.38. The van der Waals surface area contributed by atoms with Crippen molar-refractivity contribution in [2.24, 2.45) is 23.7 Å². The number of rotatable bonds is 4. The van der Waals surface area contributed by atoms with Crippen molar-refractivity contribution in [1.29, 1.82) is 0 Å². The maximum atomic E-state index is 12.8. The summed E-state index contributed by atoms with van der Waals surface area (Å²) in [5, 5.41) is 2.96. The number of hydrogen-bond donors (Lipinski definition) is 1. The monoisotopic (exact) mass is 317 g/mol. The number of anilines is 1. The van der Waals surface area contributed by atoms with Gasteiger partial charge in [-0.15, -0.1) is 0 Å². The van der Waals surface area contributed by atoms with Gasteiger partial charge >= 0.3 is 5.97 Å². The third-order valence-electron chi connectivity index (χ3n) is 4.95. The SMILES string of the molecule is COC(=O)c1ccccc1NC(=O)C1CC(C)CCC1C(C)C. The van der Waals surface area contributed by atoms with E-state index in [-0.39, 0.29) is 11.8 Å². The van der Waals surface area contributed by atoms with Crippen molar-refractivity contribution in [1.82, 2.24) is 0 Å². The molecule has 2 rings (SSSR count). The predicted octanol–water partition coefficient (Wildman–Crippen LogP) is 4.12. The summed E-state index contributed by atoms with van der Waals surface area (Å²) in [7, 11) is 1.35. The van der Waals surface area contributed by atoms with Crippen molar-refractivity contribution >= 4 is 17.6 Å². The predicted molar refractivity (Wildman–Crippen MR) is 91.2 cm³/mol. The molecular weight excluding hydrogens is 290 g/mol.